The third-order valence-corrected chi connectivity index (χ3v) is 5.29. The molecule has 1 aliphatic heterocycles. The summed E-state index contributed by atoms with van der Waals surface area (Å²) in [6, 6.07) is 7.72. The molecule has 1 unspecified atom stereocenters. The fourth-order valence-corrected chi connectivity index (χ4v) is 3.70. The van der Waals surface area contributed by atoms with Gasteiger partial charge in [0.2, 0.25) is 5.91 Å². The van der Waals surface area contributed by atoms with E-state index in [1.54, 1.807) is 5.38 Å². The molecule has 2 heterocycles. The van der Waals surface area contributed by atoms with Crippen LogP contribution in [0.1, 0.15) is 6.42 Å². The SMILES string of the molecule is NC(=O)C1CC(C(=O)Nc2nc(-c3ccc(F)c(F)c3)cs2)=NN1c1ccc(F)cc1. The summed E-state index contributed by atoms with van der Waals surface area (Å²) < 4.78 is 39.7. The molecule has 4 rings (SSSR count). The molecule has 1 aliphatic rings. The zero-order valence-corrected chi connectivity index (χ0v) is 16.5. The fourth-order valence-electron chi connectivity index (χ4n) is 2.99. The Morgan fingerprint density at radius 1 is 1.10 bits per heavy atom. The van der Waals surface area contributed by atoms with Crippen molar-refractivity contribution in [1.29, 1.82) is 0 Å². The van der Waals surface area contributed by atoms with Crippen molar-refractivity contribution in [3.8, 4) is 11.3 Å². The Morgan fingerprint density at radius 3 is 2.52 bits per heavy atom. The van der Waals surface area contributed by atoms with E-state index in [1.807, 2.05) is 0 Å². The number of benzene rings is 2. The number of anilines is 2. The third-order valence-electron chi connectivity index (χ3n) is 4.53. The Labute approximate surface area is 178 Å². The zero-order valence-electron chi connectivity index (χ0n) is 15.7. The molecular formula is C20H14F3N5O2S. The first-order valence-corrected chi connectivity index (χ1v) is 9.83. The number of thiazole rings is 1. The maximum atomic E-state index is 13.4. The standard InChI is InChI=1S/C20H14F3N5O2S/c21-11-2-4-12(5-3-11)28-17(18(24)29)8-15(27-28)19(30)26-20-25-16(9-31-20)10-1-6-13(22)14(23)7-10/h1-7,9,17H,8H2,(H2,24,29)(H,25,26,30). The van der Waals surface area contributed by atoms with Crippen molar-refractivity contribution < 1.29 is 22.8 Å². The molecule has 3 aromatic rings. The van der Waals surface area contributed by atoms with Crippen LogP contribution in [-0.4, -0.2) is 28.6 Å². The maximum absolute atomic E-state index is 13.4. The number of primary amides is 1. The summed E-state index contributed by atoms with van der Waals surface area (Å²) in [5.74, 6) is -3.72. The van der Waals surface area contributed by atoms with Crippen LogP contribution < -0.4 is 16.1 Å². The first-order chi connectivity index (χ1) is 14.8. The molecule has 0 saturated carbocycles. The highest BCUT2D eigenvalue weighted by Crippen LogP contribution is 2.28. The summed E-state index contributed by atoms with van der Waals surface area (Å²) in [5.41, 5.74) is 6.59. The number of amides is 2. The van der Waals surface area contributed by atoms with Gasteiger partial charge >= 0.3 is 0 Å². The van der Waals surface area contributed by atoms with Crippen LogP contribution in [0.25, 0.3) is 11.3 Å². The van der Waals surface area contributed by atoms with E-state index in [2.05, 4.69) is 15.4 Å². The monoisotopic (exact) mass is 445 g/mol. The van der Waals surface area contributed by atoms with Gasteiger partial charge in [-0.15, -0.1) is 11.3 Å². The first kappa shape index (κ1) is 20.5. The lowest BCUT2D eigenvalue weighted by Crippen LogP contribution is -2.39. The number of hydrogen-bond donors (Lipinski definition) is 2. The van der Waals surface area contributed by atoms with Crippen LogP contribution in [-0.2, 0) is 9.59 Å². The quantitative estimate of drug-likeness (QED) is 0.629. The topological polar surface area (TPSA) is 101 Å². The van der Waals surface area contributed by atoms with E-state index in [-0.39, 0.29) is 17.3 Å². The van der Waals surface area contributed by atoms with E-state index in [0.29, 0.717) is 16.9 Å². The number of halogens is 3. The molecule has 1 atom stereocenters. The van der Waals surface area contributed by atoms with Crippen molar-refractivity contribution in [2.45, 2.75) is 12.5 Å². The molecule has 0 aliphatic carbocycles. The van der Waals surface area contributed by atoms with E-state index in [0.717, 1.165) is 23.5 Å². The summed E-state index contributed by atoms with van der Waals surface area (Å²) in [6.45, 7) is 0. The molecule has 3 N–H and O–H groups in total. The summed E-state index contributed by atoms with van der Waals surface area (Å²) in [4.78, 5) is 28.7. The van der Waals surface area contributed by atoms with Crippen LogP contribution in [0.2, 0.25) is 0 Å². The molecule has 158 valence electrons. The molecule has 2 aromatic carbocycles. The highest BCUT2D eigenvalue weighted by Gasteiger charge is 2.35. The van der Waals surface area contributed by atoms with Crippen LogP contribution in [0.4, 0.5) is 24.0 Å². The molecule has 0 saturated heterocycles. The smallest absolute Gasteiger partial charge is 0.273 e. The number of rotatable bonds is 5. The average molecular weight is 445 g/mol. The molecular weight excluding hydrogens is 431 g/mol. The number of carbonyl (C=O) groups is 2. The fraction of sp³-hybridized carbons (Fsp3) is 0.100. The number of hydrazone groups is 1. The first-order valence-electron chi connectivity index (χ1n) is 8.95. The maximum Gasteiger partial charge on any atom is 0.273 e. The van der Waals surface area contributed by atoms with Crippen LogP contribution in [0.5, 0.6) is 0 Å². The van der Waals surface area contributed by atoms with Crippen molar-refractivity contribution >= 4 is 39.7 Å². The van der Waals surface area contributed by atoms with Crippen molar-refractivity contribution in [2.24, 2.45) is 10.8 Å². The van der Waals surface area contributed by atoms with Crippen LogP contribution in [0.3, 0.4) is 0 Å². The molecule has 2 amide bonds. The van der Waals surface area contributed by atoms with Crippen molar-refractivity contribution in [2.75, 3.05) is 10.3 Å². The van der Waals surface area contributed by atoms with Gasteiger partial charge in [0.05, 0.1) is 11.4 Å². The van der Waals surface area contributed by atoms with E-state index in [1.165, 1.54) is 35.3 Å². The Kier molecular flexibility index (Phi) is 5.42. The second kappa shape index (κ2) is 8.19. The minimum Gasteiger partial charge on any atom is -0.368 e. The molecule has 0 spiro atoms. The number of nitrogens with zero attached hydrogens (tertiary/aromatic N) is 3. The molecule has 0 bridgehead atoms. The second-order valence-electron chi connectivity index (χ2n) is 6.61. The lowest BCUT2D eigenvalue weighted by Gasteiger charge is -2.20. The predicted molar refractivity (Wildman–Crippen MR) is 110 cm³/mol. The number of aromatic nitrogens is 1. The van der Waals surface area contributed by atoms with Gasteiger partial charge in [0.1, 0.15) is 17.6 Å². The molecule has 7 nitrogen and oxygen atoms in total. The summed E-state index contributed by atoms with van der Waals surface area (Å²) in [6.07, 6.45) is -0.0417. The molecule has 0 radical (unpaired) electrons. The number of hydrogen-bond acceptors (Lipinski definition) is 6. The Bertz CT molecular complexity index is 1200. The van der Waals surface area contributed by atoms with E-state index in [4.69, 9.17) is 5.73 Å². The largest absolute Gasteiger partial charge is 0.368 e. The Morgan fingerprint density at radius 2 is 1.84 bits per heavy atom. The number of carbonyl (C=O) groups excluding carboxylic acids is 2. The van der Waals surface area contributed by atoms with Gasteiger partial charge in [-0.2, -0.15) is 5.10 Å². The third kappa shape index (κ3) is 4.26. The highest BCUT2D eigenvalue weighted by molar-refractivity contribution is 7.14. The molecule has 11 heteroatoms. The van der Waals surface area contributed by atoms with Gasteiger partial charge in [-0.05, 0) is 42.5 Å². The Hall–Kier alpha value is -3.73. The van der Waals surface area contributed by atoms with Gasteiger partial charge in [-0.3, -0.25) is 19.9 Å². The van der Waals surface area contributed by atoms with Crippen LogP contribution in [0.15, 0.2) is 52.9 Å². The van der Waals surface area contributed by atoms with Gasteiger partial charge in [0, 0.05) is 17.4 Å². The molecule has 31 heavy (non-hydrogen) atoms. The van der Waals surface area contributed by atoms with Gasteiger partial charge in [0.25, 0.3) is 5.91 Å². The lowest BCUT2D eigenvalue weighted by molar-refractivity contribution is -0.119. The van der Waals surface area contributed by atoms with Crippen molar-refractivity contribution in [1.82, 2.24) is 4.98 Å². The lowest BCUT2D eigenvalue weighted by atomic mass is 10.1. The molecule has 0 fully saturated rings. The van der Waals surface area contributed by atoms with Crippen LogP contribution >= 0.6 is 11.3 Å². The summed E-state index contributed by atoms with van der Waals surface area (Å²) in [7, 11) is 0. The summed E-state index contributed by atoms with van der Waals surface area (Å²) >= 11 is 1.09. The van der Waals surface area contributed by atoms with Gasteiger partial charge in [-0.1, -0.05) is 0 Å². The van der Waals surface area contributed by atoms with Crippen LogP contribution in [0, 0.1) is 17.5 Å². The highest BCUT2D eigenvalue weighted by atomic mass is 32.1. The molecule has 1 aromatic heterocycles. The van der Waals surface area contributed by atoms with E-state index < -0.39 is 35.3 Å². The van der Waals surface area contributed by atoms with Crippen molar-refractivity contribution in [3.63, 3.8) is 0 Å². The Balaban J connectivity index is 1.52. The van der Waals surface area contributed by atoms with E-state index >= 15 is 0 Å². The normalized spacial score (nSPS) is 15.6. The minimum atomic E-state index is -1.00. The number of nitrogens with two attached hydrogens (primary N) is 1. The zero-order chi connectivity index (χ0) is 22.1. The van der Waals surface area contributed by atoms with Crippen molar-refractivity contribution in [3.05, 3.63) is 65.3 Å². The second-order valence-corrected chi connectivity index (χ2v) is 7.47. The summed E-state index contributed by atoms with van der Waals surface area (Å²) in [5, 5.41) is 9.80. The van der Waals surface area contributed by atoms with Gasteiger partial charge < -0.3 is 5.73 Å². The van der Waals surface area contributed by atoms with E-state index in [9.17, 15) is 22.8 Å². The van der Waals surface area contributed by atoms with Gasteiger partial charge in [0.15, 0.2) is 16.8 Å². The number of nitrogens with one attached hydrogen (secondary N) is 1. The average Bonchev–Trinajstić information content (AvgIpc) is 3.38. The van der Waals surface area contributed by atoms with Gasteiger partial charge in [-0.25, -0.2) is 18.2 Å². The predicted octanol–water partition coefficient (Wildman–Crippen LogP) is 3.29. The minimum absolute atomic E-state index is 0.0395.